The first-order valence-corrected chi connectivity index (χ1v) is 10.6. The lowest BCUT2D eigenvalue weighted by Gasteiger charge is -2.41. The minimum atomic E-state index is -0.856. The largest absolute Gasteiger partial charge is 0.433 e. The average molecular weight is 369 g/mol. The Morgan fingerprint density at radius 1 is 0.846 bits per heavy atom. The Morgan fingerprint density at radius 2 is 1.35 bits per heavy atom. The van der Waals surface area contributed by atoms with Crippen molar-refractivity contribution >= 4 is 5.97 Å². The quantitative estimate of drug-likeness (QED) is 0.363. The summed E-state index contributed by atoms with van der Waals surface area (Å²) < 4.78 is 12.6. The van der Waals surface area contributed by atoms with Gasteiger partial charge in [0.25, 0.3) is 0 Å². The number of hydrogen-bond acceptors (Lipinski definition) is 3. The van der Waals surface area contributed by atoms with Crippen LogP contribution in [0.3, 0.4) is 0 Å². The van der Waals surface area contributed by atoms with Crippen LogP contribution in [0.25, 0.3) is 0 Å². The first kappa shape index (κ1) is 23.5. The number of carbonyl (C=O) groups excluding carboxylic acids is 1. The van der Waals surface area contributed by atoms with Crippen molar-refractivity contribution in [2.45, 2.75) is 126 Å². The van der Waals surface area contributed by atoms with Gasteiger partial charge in [0.1, 0.15) is 0 Å². The van der Waals surface area contributed by atoms with Crippen molar-refractivity contribution in [2.24, 2.45) is 16.2 Å². The second-order valence-electron chi connectivity index (χ2n) is 11.3. The molecule has 3 nitrogen and oxygen atoms in total. The van der Waals surface area contributed by atoms with Gasteiger partial charge in [-0.3, -0.25) is 4.79 Å². The predicted octanol–water partition coefficient (Wildman–Crippen LogP) is 6.88. The van der Waals surface area contributed by atoms with E-state index in [1.807, 2.05) is 13.8 Å². The van der Waals surface area contributed by atoms with Crippen LogP contribution < -0.4 is 0 Å². The van der Waals surface area contributed by atoms with E-state index >= 15 is 0 Å². The van der Waals surface area contributed by atoms with Crippen LogP contribution in [0.2, 0.25) is 0 Å². The fourth-order valence-electron chi connectivity index (χ4n) is 4.43. The van der Waals surface area contributed by atoms with E-state index in [-0.39, 0.29) is 22.9 Å². The van der Waals surface area contributed by atoms with Crippen LogP contribution in [0.5, 0.6) is 0 Å². The summed E-state index contributed by atoms with van der Waals surface area (Å²) in [5.41, 5.74) is -0.377. The molecule has 0 amide bonds. The molecule has 0 heterocycles. The molecule has 1 aliphatic carbocycles. The third-order valence-electron chi connectivity index (χ3n) is 5.32. The lowest BCUT2D eigenvalue weighted by molar-refractivity contribution is -0.261. The Hall–Kier alpha value is -0.570. The molecule has 2 unspecified atom stereocenters. The first-order chi connectivity index (χ1) is 11.7. The Labute approximate surface area is 162 Å². The van der Waals surface area contributed by atoms with E-state index < -0.39 is 11.2 Å². The molecule has 3 heteroatoms. The molecule has 0 aliphatic heterocycles. The summed E-state index contributed by atoms with van der Waals surface area (Å²) in [5, 5.41) is 0. The van der Waals surface area contributed by atoms with Crippen molar-refractivity contribution in [3.63, 3.8) is 0 Å². The van der Waals surface area contributed by atoms with E-state index in [1.54, 1.807) is 0 Å². The molecule has 0 radical (unpaired) electrons. The minimum absolute atomic E-state index is 0.0241. The zero-order valence-corrected chi connectivity index (χ0v) is 19.0. The SMILES string of the molecule is CCC(C)(CC(C)(C)C)C(=O)OC(C)(CC(C)(C)C)OC1CCCCC1. The second-order valence-corrected chi connectivity index (χ2v) is 11.3. The van der Waals surface area contributed by atoms with Gasteiger partial charge >= 0.3 is 5.97 Å². The summed E-state index contributed by atoms with van der Waals surface area (Å²) in [6.07, 6.45) is 8.35. The summed E-state index contributed by atoms with van der Waals surface area (Å²) in [6.45, 7) is 19.2. The van der Waals surface area contributed by atoms with Crippen LogP contribution in [0.15, 0.2) is 0 Å². The molecule has 1 saturated carbocycles. The van der Waals surface area contributed by atoms with Gasteiger partial charge in [-0.15, -0.1) is 0 Å². The smallest absolute Gasteiger partial charge is 0.314 e. The van der Waals surface area contributed by atoms with Crippen LogP contribution in [0.1, 0.15) is 114 Å². The molecule has 0 aromatic rings. The molecule has 1 aliphatic rings. The van der Waals surface area contributed by atoms with Gasteiger partial charge in [0.05, 0.1) is 11.5 Å². The van der Waals surface area contributed by atoms with Crippen molar-refractivity contribution < 1.29 is 14.3 Å². The van der Waals surface area contributed by atoms with Gasteiger partial charge in [0.2, 0.25) is 5.79 Å². The van der Waals surface area contributed by atoms with Crippen molar-refractivity contribution in [1.29, 1.82) is 0 Å². The van der Waals surface area contributed by atoms with Crippen LogP contribution in [-0.2, 0) is 14.3 Å². The standard InChI is InChI=1S/C23H44O3/c1-10-22(8,16-20(2,3)4)19(24)26-23(9,17-21(5,6)7)25-18-14-12-11-13-15-18/h18H,10-17H2,1-9H3. The van der Waals surface area contributed by atoms with E-state index in [4.69, 9.17) is 9.47 Å². The van der Waals surface area contributed by atoms with Gasteiger partial charge in [-0.2, -0.15) is 0 Å². The molecule has 0 aromatic carbocycles. The van der Waals surface area contributed by atoms with E-state index in [0.717, 1.165) is 25.7 Å². The number of rotatable bonds is 7. The molecule has 1 fully saturated rings. The predicted molar refractivity (Wildman–Crippen MR) is 109 cm³/mol. The summed E-state index contributed by atoms with van der Waals surface area (Å²) in [7, 11) is 0. The van der Waals surface area contributed by atoms with Crippen LogP contribution in [0.4, 0.5) is 0 Å². The Kier molecular flexibility index (Phi) is 7.79. The van der Waals surface area contributed by atoms with Crippen molar-refractivity contribution in [3.8, 4) is 0 Å². The highest BCUT2D eigenvalue weighted by atomic mass is 16.7. The maximum absolute atomic E-state index is 13.2. The van der Waals surface area contributed by atoms with Gasteiger partial charge < -0.3 is 9.47 Å². The van der Waals surface area contributed by atoms with E-state index in [9.17, 15) is 4.79 Å². The maximum Gasteiger partial charge on any atom is 0.314 e. The van der Waals surface area contributed by atoms with Crippen molar-refractivity contribution in [1.82, 2.24) is 0 Å². The zero-order valence-electron chi connectivity index (χ0n) is 19.0. The molecule has 0 N–H and O–H groups in total. The van der Waals surface area contributed by atoms with Gasteiger partial charge in [-0.1, -0.05) is 67.7 Å². The number of carbonyl (C=O) groups is 1. The molecule has 0 saturated heterocycles. The van der Waals surface area contributed by atoms with E-state index in [2.05, 4.69) is 48.5 Å². The van der Waals surface area contributed by atoms with E-state index in [0.29, 0.717) is 6.42 Å². The number of hydrogen-bond donors (Lipinski definition) is 0. The Balaban J connectivity index is 2.96. The van der Waals surface area contributed by atoms with Crippen molar-refractivity contribution in [2.75, 3.05) is 0 Å². The number of ether oxygens (including phenoxy) is 2. The lowest BCUT2D eigenvalue weighted by Crippen LogP contribution is -2.46. The third kappa shape index (κ3) is 7.98. The summed E-state index contributed by atoms with van der Waals surface area (Å²) in [5.74, 6) is -0.969. The van der Waals surface area contributed by atoms with Gasteiger partial charge in [0.15, 0.2) is 0 Å². The summed E-state index contributed by atoms with van der Waals surface area (Å²) in [4.78, 5) is 13.2. The fourth-order valence-corrected chi connectivity index (χ4v) is 4.43. The highest BCUT2D eigenvalue weighted by molar-refractivity contribution is 5.76. The fraction of sp³-hybridized carbons (Fsp3) is 0.957. The highest BCUT2D eigenvalue weighted by Crippen LogP contribution is 2.41. The molecule has 2 atom stereocenters. The molecular weight excluding hydrogens is 324 g/mol. The highest BCUT2D eigenvalue weighted by Gasteiger charge is 2.43. The Morgan fingerprint density at radius 3 is 1.77 bits per heavy atom. The molecule has 1 rings (SSSR count). The lowest BCUT2D eigenvalue weighted by atomic mass is 9.73. The molecule has 0 aromatic heterocycles. The summed E-state index contributed by atoms with van der Waals surface area (Å²) >= 11 is 0. The van der Waals surface area contributed by atoms with Gasteiger partial charge in [-0.05, 0) is 43.4 Å². The molecular formula is C23H44O3. The van der Waals surface area contributed by atoms with Crippen LogP contribution >= 0.6 is 0 Å². The van der Waals surface area contributed by atoms with Crippen LogP contribution in [0, 0.1) is 16.2 Å². The van der Waals surface area contributed by atoms with E-state index in [1.165, 1.54) is 19.3 Å². The van der Waals surface area contributed by atoms with Gasteiger partial charge in [-0.25, -0.2) is 0 Å². The first-order valence-electron chi connectivity index (χ1n) is 10.6. The molecule has 154 valence electrons. The average Bonchev–Trinajstić information content (AvgIpc) is 2.43. The topological polar surface area (TPSA) is 35.5 Å². The third-order valence-corrected chi connectivity index (χ3v) is 5.32. The normalized spacial score (nSPS) is 21.7. The maximum atomic E-state index is 13.2. The monoisotopic (exact) mass is 368 g/mol. The van der Waals surface area contributed by atoms with Crippen LogP contribution in [-0.4, -0.2) is 17.9 Å². The minimum Gasteiger partial charge on any atom is -0.433 e. The number of esters is 1. The molecule has 26 heavy (non-hydrogen) atoms. The summed E-state index contributed by atoms with van der Waals surface area (Å²) in [6, 6.07) is 0. The zero-order chi connectivity index (χ0) is 20.2. The van der Waals surface area contributed by atoms with Gasteiger partial charge in [0, 0.05) is 13.3 Å². The molecule has 0 bridgehead atoms. The van der Waals surface area contributed by atoms with Crippen molar-refractivity contribution in [3.05, 3.63) is 0 Å². The Bertz CT molecular complexity index is 451. The molecule has 0 spiro atoms. The second kappa shape index (κ2) is 8.63.